The van der Waals surface area contributed by atoms with E-state index in [0.29, 0.717) is 6.61 Å². The maximum atomic E-state index is 11.8. The number of ether oxygens (including phenoxy) is 2. The Bertz CT molecular complexity index is 927. The van der Waals surface area contributed by atoms with Gasteiger partial charge in [0.25, 0.3) is 0 Å². The average molecular weight is 826 g/mol. The molecule has 0 saturated heterocycles. The number of aliphatic carboxylic acids is 1. The average Bonchev–Trinajstić information content (AvgIpc) is 3.16. The van der Waals surface area contributed by atoms with Gasteiger partial charge in [-0.2, -0.15) is 0 Å². The van der Waals surface area contributed by atoms with Gasteiger partial charge < -0.3 is 23.9 Å². The van der Waals surface area contributed by atoms with Gasteiger partial charge in [0.15, 0.2) is 0 Å². The molecule has 0 N–H and O–H groups in total. The van der Waals surface area contributed by atoms with Gasteiger partial charge in [0, 0.05) is 25.6 Å². The van der Waals surface area contributed by atoms with Crippen molar-refractivity contribution in [3.63, 3.8) is 0 Å². The van der Waals surface area contributed by atoms with Gasteiger partial charge in [-0.15, -0.1) is 0 Å². The van der Waals surface area contributed by atoms with Gasteiger partial charge >= 0.3 is 0 Å². The summed E-state index contributed by atoms with van der Waals surface area (Å²) < 4.78 is 13.5. The van der Waals surface area contributed by atoms with Crippen molar-refractivity contribution in [2.24, 2.45) is 0 Å². The number of carbonyl (C=O) groups is 2. The fraction of sp³-hybridized carbons (Fsp3) is 0.875. The normalized spacial score (nSPS) is 13.3. The van der Waals surface area contributed by atoms with E-state index in [4.69, 9.17) is 9.47 Å². The van der Waals surface area contributed by atoms with Crippen LogP contribution in [-0.2, 0) is 19.1 Å². The molecule has 0 aliphatic rings. The minimum atomic E-state index is -1.17. The molecule has 6 nitrogen and oxygen atoms in total. The molecule has 8 heteroatoms. The van der Waals surface area contributed by atoms with Crippen LogP contribution in [0.2, 0.25) is 0 Å². The first kappa shape index (κ1) is 55.2. The lowest BCUT2D eigenvalue weighted by Gasteiger charge is -2.33. The Morgan fingerprint density at radius 2 is 1.02 bits per heavy atom. The highest BCUT2D eigenvalue weighted by Gasteiger charge is 2.24. The van der Waals surface area contributed by atoms with Gasteiger partial charge in [-0.3, -0.25) is 4.79 Å². The van der Waals surface area contributed by atoms with E-state index in [2.05, 4.69) is 52.2 Å². The van der Waals surface area contributed by atoms with Crippen molar-refractivity contribution < 1.29 is 28.7 Å². The van der Waals surface area contributed by atoms with E-state index in [9.17, 15) is 14.7 Å². The molecule has 0 aromatic rings. The topological polar surface area (TPSA) is 75.7 Å². The largest absolute Gasteiger partial charge is 0.550 e. The molecule has 0 saturated carbocycles. The van der Waals surface area contributed by atoms with E-state index in [1.54, 1.807) is 10.8 Å². The van der Waals surface area contributed by atoms with Gasteiger partial charge in [0.1, 0.15) is 18.4 Å². The van der Waals surface area contributed by atoms with Crippen molar-refractivity contribution in [2.75, 3.05) is 52.8 Å². The van der Waals surface area contributed by atoms with Gasteiger partial charge in [-0.25, -0.2) is 0 Å². The molecule has 0 heterocycles. The van der Waals surface area contributed by atoms with Gasteiger partial charge in [-0.1, -0.05) is 175 Å². The highest BCUT2D eigenvalue weighted by molar-refractivity contribution is 8.77. The quantitative estimate of drug-likeness (QED) is 0.0262. The van der Waals surface area contributed by atoms with E-state index < -0.39 is 11.2 Å². The summed E-state index contributed by atoms with van der Waals surface area (Å²) in [5, 5.41) is 10.5. The van der Waals surface area contributed by atoms with Crippen LogP contribution >= 0.6 is 21.6 Å². The van der Waals surface area contributed by atoms with Crippen molar-refractivity contribution >= 4 is 33.3 Å². The Hall–Kier alpha value is -0.800. The molecule has 0 aliphatic heterocycles. The number of hydrogen-bond acceptors (Lipinski definition) is 7. The molecule has 0 aliphatic carbocycles. The second kappa shape index (κ2) is 42.3. The van der Waals surface area contributed by atoms with Crippen LogP contribution in [0.5, 0.6) is 0 Å². The fourth-order valence-electron chi connectivity index (χ4n) is 6.87. The number of carboxylic acid groups (broad SMARTS) is 1. The molecule has 2 unspecified atom stereocenters. The smallest absolute Gasteiger partial charge is 0.144 e. The lowest BCUT2D eigenvalue weighted by molar-refractivity contribution is -0.891. The summed E-state index contributed by atoms with van der Waals surface area (Å²) >= 11 is 0. The fourth-order valence-corrected chi connectivity index (χ4v) is 9.66. The van der Waals surface area contributed by atoms with E-state index in [1.807, 2.05) is 0 Å². The van der Waals surface area contributed by atoms with E-state index in [1.165, 1.54) is 185 Å². The molecule has 0 bridgehead atoms. The summed E-state index contributed by atoms with van der Waals surface area (Å²) in [6, 6.07) is 0. The van der Waals surface area contributed by atoms with Crippen molar-refractivity contribution in [3.05, 3.63) is 24.3 Å². The monoisotopic (exact) mass is 826 g/mol. The summed E-state index contributed by atoms with van der Waals surface area (Å²) in [7, 11) is 7.38. The number of allylic oxidation sites excluding steroid dienone is 4. The number of Topliss-reactive ketones (excluding diaryl/α,β-unsaturated/α-hetero) is 1. The van der Waals surface area contributed by atoms with Crippen LogP contribution in [0.15, 0.2) is 24.3 Å². The number of nitrogens with zero attached hydrogens (tertiary/aromatic N) is 1. The molecule has 0 amide bonds. The summed E-state index contributed by atoms with van der Waals surface area (Å²) in [5.41, 5.74) is 0. The van der Waals surface area contributed by atoms with Crippen molar-refractivity contribution in [1.29, 1.82) is 0 Å². The van der Waals surface area contributed by atoms with Crippen LogP contribution in [0, 0.1) is 0 Å². The third-order valence-electron chi connectivity index (χ3n) is 10.6. The third-order valence-corrected chi connectivity index (χ3v) is 13.4. The Balaban J connectivity index is 4.35. The van der Waals surface area contributed by atoms with Gasteiger partial charge in [0.05, 0.1) is 38.2 Å². The summed E-state index contributed by atoms with van der Waals surface area (Å²) in [5.74, 6) is -0.459. The summed E-state index contributed by atoms with van der Waals surface area (Å²) in [4.78, 5) is 22.9. The summed E-state index contributed by atoms with van der Waals surface area (Å²) in [6.07, 6.45) is 45.9. The molecule has 0 aromatic heterocycles. The Kier molecular flexibility index (Phi) is 41.7. The minimum absolute atomic E-state index is 0.0444. The number of carboxylic acids is 1. The van der Waals surface area contributed by atoms with Crippen LogP contribution in [0.1, 0.15) is 207 Å². The second-order valence-electron chi connectivity index (χ2n) is 16.9. The van der Waals surface area contributed by atoms with Gasteiger partial charge in [-0.05, 0) is 71.1 Å². The maximum absolute atomic E-state index is 11.8. The predicted octanol–water partition coefficient (Wildman–Crippen LogP) is 13.0. The van der Waals surface area contributed by atoms with E-state index >= 15 is 0 Å². The number of carbonyl (C=O) groups excluding carboxylic acids is 2. The number of likely N-dealkylation sites (N-methyl/N-ethyl adjacent to an activating group) is 1. The molecular formula is C48H91NO5S2. The Morgan fingerprint density at radius 3 is 1.45 bits per heavy atom. The zero-order valence-electron chi connectivity index (χ0n) is 37.5. The first-order valence-electron chi connectivity index (χ1n) is 23.5. The molecule has 330 valence electrons. The van der Waals surface area contributed by atoms with Crippen LogP contribution < -0.4 is 5.11 Å². The van der Waals surface area contributed by atoms with E-state index in [-0.39, 0.29) is 18.3 Å². The molecule has 0 rings (SSSR count). The number of rotatable bonds is 45. The van der Waals surface area contributed by atoms with E-state index in [0.717, 1.165) is 49.4 Å². The van der Waals surface area contributed by atoms with Gasteiger partial charge in [0.2, 0.25) is 0 Å². The lowest BCUT2D eigenvalue weighted by Crippen LogP contribution is -2.48. The maximum Gasteiger partial charge on any atom is 0.144 e. The zero-order chi connectivity index (χ0) is 41.2. The first-order chi connectivity index (χ1) is 27.2. The highest BCUT2D eigenvalue weighted by atomic mass is 33.1. The first-order valence-corrected chi connectivity index (χ1v) is 25.9. The van der Waals surface area contributed by atoms with Crippen LogP contribution in [0.3, 0.4) is 0 Å². The third kappa shape index (κ3) is 41.4. The van der Waals surface area contributed by atoms with Crippen LogP contribution in [0.25, 0.3) is 0 Å². The number of unbranched alkanes of at least 4 members (excludes halogenated alkanes) is 24. The molecule has 2 atom stereocenters. The number of quaternary nitrogens is 1. The van der Waals surface area contributed by atoms with Crippen molar-refractivity contribution in [2.45, 2.75) is 218 Å². The Morgan fingerprint density at radius 1 is 0.607 bits per heavy atom. The summed E-state index contributed by atoms with van der Waals surface area (Å²) in [6.45, 7) is 9.96. The predicted molar refractivity (Wildman–Crippen MR) is 245 cm³/mol. The zero-order valence-corrected chi connectivity index (χ0v) is 39.2. The van der Waals surface area contributed by atoms with Crippen molar-refractivity contribution in [1.82, 2.24) is 0 Å². The van der Waals surface area contributed by atoms with Crippen LogP contribution in [0.4, 0.5) is 0 Å². The molecule has 0 aromatic carbocycles. The number of hydrogen-bond donors (Lipinski definition) is 0. The second-order valence-corrected chi connectivity index (χ2v) is 19.6. The molecule has 0 radical (unpaired) electrons. The molecule has 0 fully saturated rings. The SMILES string of the molecule is CCCCCCCC/C=C\CCCCCCCCOCC(C[N+](C)(C)CCSSC(CC(=O)[O-])C(C)=O)OCCCCCCCC/C=C\CCCCCCCC. The highest BCUT2D eigenvalue weighted by Crippen LogP contribution is 2.29. The van der Waals surface area contributed by atoms with Crippen LogP contribution in [-0.4, -0.2) is 80.3 Å². The molecule has 0 spiro atoms. The minimum Gasteiger partial charge on any atom is -0.550 e. The van der Waals surface area contributed by atoms with Crippen molar-refractivity contribution in [3.8, 4) is 0 Å². The lowest BCUT2D eigenvalue weighted by atomic mass is 10.1. The standard InChI is InChI=1S/C48H91NO5S2/c1-6-8-10-12-14-16-18-20-22-24-26-28-30-32-34-36-39-53-44-46(43-49(4,5)38-41-55-56-47(45(3)50)42-48(51)52)54-40-37-35-33-31-29-27-25-23-21-19-17-15-13-11-9-7-2/h20-23,46-47H,6-19,24-44H2,1-5H3/b22-20-,23-21-. The number of ketones is 1. The molecule has 56 heavy (non-hydrogen) atoms. The molecular weight excluding hydrogens is 735 g/mol. The Labute approximate surface area is 355 Å².